The summed E-state index contributed by atoms with van der Waals surface area (Å²) < 4.78 is 5.24. The highest BCUT2D eigenvalue weighted by Crippen LogP contribution is 2.32. The number of rotatable bonds is 7. The van der Waals surface area contributed by atoms with E-state index in [9.17, 15) is 9.59 Å². The van der Waals surface area contributed by atoms with E-state index in [0.29, 0.717) is 10.9 Å². The van der Waals surface area contributed by atoms with E-state index in [-0.39, 0.29) is 17.2 Å². The summed E-state index contributed by atoms with van der Waals surface area (Å²) >= 11 is 2.87. The Labute approximate surface area is 216 Å². The Morgan fingerprint density at radius 2 is 1.64 bits per heavy atom. The molecule has 1 amide bonds. The second-order valence-electron chi connectivity index (χ2n) is 8.14. The van der Waals surface area contributed by atoms with Crippen LogP contribution in [0.2, 0.25) is 0 Å². The highest BCUT2D eigenvalue weighted by molar-refractivity contribution is 8.00. The topological polar surface area (TPSA) is 86.7 Å². The molecular weight excluding hydrogens is 492 g/mol. The number of aromatic nitrogens is 5. The minimum absolute atomic E-state index is 0.266. The van der Waals surface area contributed by atoms with Crippen LogP contribution in [0, 0.1) is 6.92 Å². The fourth-order valence-electron chi connectivity index (χ4n) is 3.87. The average molecular weight is 517 g/mol. The smallest absolute Gasteiger partial charge is 0.295 e. The molecule has 3 aromatic heterocycles. The Morgan fingerprint density at radius 3 is 2.28 bits per heavy atom. The number of para-hydroxylation sites is 2. The molecule has 0 bridgehead atoms. The Hall–Kier alpha value is -3.89. The van der Waals surface area contributed by atoms with Crippen molar-refractivity contribution >= 4 is 34.7 Å². The molecule has 0 spiro atoms. The molecule has 0 aliphatic heterocycles. The van der Waals surface area contributed by atoms with E-state index < -0.39 is 5.25 Å². The summed E-state index contributed by atoms with van der Waals surface area (Å²) in [4.78, 5) is 27.4. The molecule has 10 heteroatoms. The summed E-state index contributed by atoms with van der Waals surface area (Å²) in [5.74, 6) is 0.433. The summed E-state index contributed by atoms with van der Waals surface area (Å²) in [5, 5.41) is 13.7. The van der Waals surface area contributed by atoms with Crippen molar-refractivity contribution in [3.8, 4) is 22.1 Å². The molecule has 1 atom stereocenters. The minimum Gasteiger partial charge on any atom is -0.319 e. The first-order chi connectivity index (χ1) is 17.5. The average Bonchev–Trinajstić information content (AvgIpc) is 3.61. The van der Waals surface area contributed by atoms with Gasteiger partial charge >= 0.3 is 0 Å². The summed E-state index contributed by atoms with van der Waals surface area (Å²) in [5.41, 5.74) is 2.29. The predicted molar refractivity (Wildman–Crippen MR) is 144 cm³/mol. The molecule has 0 radical (unpaired) electrons. The SMILES string of the molecule is Cc1c(NC(=O)[C@@H](C)Sc2nnc(-c3cccs3)n2-c2ccccc2)c(=O)n(-c2ccccc2)n1C. The van der Waals surface area contributed by atoms with Crippen molar-refractivity contribution in [1.82, 2.24) is 24.1 Å². The number of amides is 1. The largest absolute Gasteiger partial charge is 0.319 e. The maximum atomic E-state index is 13.2. The fraction of sp³-hybridized carbons (Fsp3) is 0.154. The van der Waals surface area contributed by atoms with Gasteiger partial charge in [0.2, 0.25) is 5.91 Å². The van der Waals surface area contributed by atoms with E-state index in [4.69, 9.17) is 0 Å². The molecule has 0 fully saturated rings. The van der Waals surface area contributed by atoms with Crippen LogP contribution in [0.15, 0.2) is 88.1 Å². The second kappa shape index (κ2) is 10.00. The highest BCUT2D eigenvalue weighted by Gasteiger charge is 2.25. The van der Waals surface area contributed by atoms with E-state index in [2.05, 4.69) is 15.5 Å². The molecule has 1 N–H and O–H groups in total. The Bertz CT molecular complexity index is 1550. The fourth-order valence-corrected chi connectivity index (χ4v) is 5.44. The number of hydrogen-bond acceptors (Lipinski definition) is 6. The van der Waals surface area contributed by atoms with Gasteiger partial charge in [-0.1, -0.05) is 54.2 Å². The number of nitrogens with zero attached hydrogens (tertiary/aromatic N) is 5. The Balaban J connectivity index is 1.43. The third-order valence-corrected chi connectivity index (χ3v) is 7.75. The number of thiophene rings is 1. The van der Waals surface area contributed by atoms with Crippen LogP contribution in [0.25, 0.3) is 22.1 Å². The van der Waals surface area contributed by atoms with Crippen LogP contribution in [0.3, 0.4) is 0 Å². The van der Waals surface area contributed by atoms with Crippen LogP contribution in [-0.4, -0.2) is 35.3 Å². The molecule has 8 nitrogen and oxygen atoms in total. The van der Waals surface area contributed by atoms with Gasteiger partial charge in [-0.25, -0.2) is 4.68 Å². The van der Waals surface area contributed by atoms with Crippen LogP contribution in [-0.2, 0) is 11.8 Å². The molecular formula is C26H24N6O2S2. The van der Waals surface area contributed by atoms with Crippen LogP contribution in [0.5, 0.6) is 0 Å². The zero-order valence-electron chi connectivity index (χ0n) is 20.0. The van der Waals surface area contributed by atoms with Gasteiger partial charge in [0.05, 0.1) is 21.5 Å². The van der Waals surface area contributed by atoms with Gasteiger partial charge in [0.25, 0.3) is 5.56 Å². The number of anilines is 1. The van der Waals surface area contributed by atoms with Gasteiger partial charge in [-0.2, -0.15) is 0 Å². The molecule has 36 heavy (non-hydrogen) atoms. The van der Waals surface area contributed by atoms with Crippen LogP contribution in [0.1, 0.15) is 12.6 Å². The van der Waals surface area contributed by atoms with Crippen molar-refractivity contribution in [1.29, 1.82) is 0 Å². The van der Waals surface area contributed by atoms with Crippen LogP contribution < -0.4 is 10.9 Å². The quantitative estimate of drug-likeness (QED) is 0.311. The van der Waals surface area contributed by atoms with Gasteiger partial charge in [-0.05, 0) is 49.6 Å². The van der Waals surface area contributed by atoms with Crippen molar-refractivity contribution < 1.29 is 4.79 Å². The normalized spacial score (nSPS) is 12.0. The second-order valence-corrected chi connectivity index (χ2v) is 10.4. The summed E-state index contributed by atoms with van der Waals surface area (Å²) in [6.45, 7) is 3.61. The van der Waals surface area contributed by atoms with Crippen LogP contribution >= 0.6 is 23.1 Å². The molecule has 2 aromatic carbocycles. The third kappa shape index (κ3) is 4.40. The number of carbonyl (C=O) groups is 1. The predicted octanol–water partition coefficient (Wildman–Crippen LogP) is 4.91. The van der Waals surface area contributed by atoms with Crippen molar-refractivity contribution in [2.24, 2.45) is 7.05 Å². The number of hydrogen-bond donors (Lipinski definition) is 1. The Kier molecular flexibility index (Phi) is 6.62. The van der Waals surface area contributed by atoms with Gasteiger partial charge in [0, 0.05) is 12.7 Å². The number of carbonyl (C=O) groups excluding carboxylic acids is 1. The lowest BCUT2D eigenvalue weighted by Gasteiger charge is -2.13. The molecule has 5 rings (SSSR count). The first kappa shape index (κ1) is 23.8. The molecule has 0 aliphatic carbocycles. The Morgan fingerprint density at radius 1 is 0.972 bits per heavy atom. The van der Waals surface area contributed by atoms with Crippen LogP contribution in [0.4, 0.5) is 5.69 Å². The summed E-state index contributed by atoms with van der Waals surface area (Å²) in [6, 6.07) is 23.1. The number of thioether (sulfide) groups is 1. The lowest BCUT2D eigenvalue weighted by molar-refractivity contribution is -0.115. The lowest BCUT2D eigenvalue weighted by Crippen LogP contribution is -2.27. The van der Waals surface area contributed by atoms with E-state index in [1.165, 1.54) is 11.8 Å². The van der Waals surface area contributed by atoms with Crippen molar-refractivity contribution in [3.05, 3.63) is 94.2 Å². The lowest BCUT2D eigenvalue weighted by atomic mass is 10.3. The molecule has 0 saturated carbocycles. The first-order valence-corrected chi connectivity index (χ1v) is 13.1. The zero-order chi connectivity index (χ0) is 25.2. The van der Waals surface area contributed by atoms with Gasteiger partial charge in [-0.3, -0.25) is 18.8 Å². The van der Waals surface area contributed by atoms with E-state index in [0.717, 1.165) is 22.1 Å². The maximum Gasteiger partial charge on any atom is 0.295 e. The van der Waals surface area contributed by atoms with Crippen molar-refractivity contribution in [2.75, 3.05) is 5.32 Å². The van der Waals surface area contributed by atoms with Gasteiger partial charge in [0.15, 0.2) is 11.0 Å². The van der Waals surface area contributed by atoms with Crippen molar-refractivity contribution in [3.63, 3.8) is 0 Å². The summed E-state index contributed by atoms with van der Waals surface area (Å²) in [7, 11) is 1.80. The van der Waals surface area contributed by atoms with E-state index in [1.807, 2.05) is 89.7 Å². The molecule has 0 saturated heterocycles. The summed E-state index contributed by atoms with van der Waals surface area (Å²) in [6.07, 6.45) is 0. The molecule has 3 heterocycles. The monoisotopic (exact) mass is 516 g/mol. The first-order valence-electron chi connectivity index (χ1n) is 11.3. The van der Waals surface area contributed by atoms with Gasteiger partial charge in [-0.15, -0.1) is 21.5 Å². The molecule has 182 valence electrons. The van der Waals surface area contributed by atoms with Gasteiger partial charge < -0.3 is 5.32 Å². The third-order valence-electron chi connectivity index (χ3n) is 5.84. The van der Waals surface area contributed by atoms with Gasteiger partial charge in [0.1, 0.15) is 5.69 Å². The molecule has 0 aliphatic rings. The highest BCUT2D eigenvalue weighted by atomic mass is 32.2. The number of benzene rings is 2. The standard InChI is InChI=1S/C26H24N6O2S2/c1-17-22(25(34)32(30(17)3)20-13-8-5-9-14-20)27-24(33)18(2)36-26-29-28-23(21-15-10-16-35-21)31(26)19-11-6-4-7-12-19/h4-16,18H,1-3H3,(H,27,33)/t18-/m1/s1. The van der Waals surface area contributed by atoms with E-state index in [1.54, 1.807) is 34.7 Å². The maximum absolute atomic E-state index is 13.2. The molecule has 0 unspecified atom stereocenters. The van der Waals surface area contributed by atoms with E-state index >= 15 is 0 Å². The minimum atomic E-state index is -0.531. The van der Waals surface area contributed by atoms with Crippen molar-refractivity contribution in [2.45, 2.75) is 24.3 Å². The molecule has 5 aromatic rings. The zero-order valence-corrected chi connectivity index (χ0v) is 21.6. The number of nitrogens with one attached hydrogen (secondary N) is 1.